The van der Waals surface area contributed by atoms with Gasteiger partial charge in [0.05, 0.1) is 6.61 Å². The second-order valence-electron chi connectivity index (χ2n) is 3.58. The molecule has 106 valence electrons. The topological polar surface area (TPSA) is 38.3 Å². The van der Waals surface area contributed by atoms with Crippen LogP contribution in [0.5, 0.6) is 0 Å². The zero-order valence-corrected chi connectivity index (χ0v) is 9.56. The summed E-state index contributed by atoms with van der Waals surface area (Å²) in [5, 5.41) is 2.18. The molecule has 1 aromatic carbocycles. The predicted molar refractivity (Wildman–Crippen MR) is 55.6 cm³/mol. The SMILES string of the molecule is O=C(NCCOCC(F)(F)F)c1cc(F)cc(F)c1. The van der Waals surface area contributed by atoms with Crippen molar-refractivity contribution in [2.45, 2.75) is 6.18 Å². The molecule has 3 nitrogen and oxygen atoms in total. The highest BCUT2D eigenvalue weighted by Crippen LogP contribution is 2.14. The minimum absolute atomic E-state index is 0.201. The molecule has 1 amide bonds. The summed E-state index contributed by atoms with van der Waals surface area (Å²) in [7, 11) is 0. The number of carbonyl (C=O) groups excluding carboxylic acids is 1. The summed E-state index contributed by atoms with van der Waals surface area (Å²) in [6, 6.07) is 2.23. The Labute approximate surface area is 105 Å². The van der Waals surface area contributed by atoms with Crippen molar-refractivity contribution in [1.29, 1.82) is 0 Å². The van der Waals surface area contributed by atoms with Gasteiger partial charge in [-0.3, -0.25) is 4.79 Å². The third-order valence-corrected chi connectivity index (χ3v) is 1.92. The third-order valence-electron chi connectivity index (χ3n) is 1.92. The fourth-order valence-electron chi connectivity index (χ4n) is 1.21. The summed E-state index contributed by atoms with van der Waals surface area (Å²) >= 11 is 0. The van der Waals surface area contributed by atoms with Crippen molar-refractivity contribution in [2.75, 3.05) is 19.8 Å². The molecule has 0 aliphatic carbocycles. The molecule has 0 radical (unpaired) electrons. The van der Waals surface area contributed by atoms with Crippen molar-refractivity contribution in [2.24, 2.45) is 0 Å². The van der Waals surface area contributed by atoms with Gasteiger partial charge in [0.25, 0.3) is 5.91 Å². The Morgan fingerprint density at radius 2 is 1.74 bits per heavy atom. The number of benzene rings is 1. The first kappa shape index (κ1) is 15.4. The molecular formula is C11H10F5NO2. The highest BCUT2D eigenvalue weighted by atomic mass is 19.4. The highest BCUT2D eigenvalue weighted by Gasteiger charge is 2.27. The van der Waals surface area contributed by atoms with Gasteiger partial charge in [0.1, 0.15) is 18.2 Å². The number of amides is 1. The Balaban J connectivity index is 2.35. The summed E-state index contributed by atoms with van der Waals surface area (Å²) in [6.45, 7) is -1.98. The molecule has 19 heavy (non-hydrogen) atoms. The van der Waals surface area contributed by atoms with Crippen molar-refractivity contribution < 1.29 is 31.5 Å². The Morgan fingerprint density at radius 3 is 2.26 bits per heavy atom. The molecule has 0 aliphatic rings. The first-order valence-corrected chi connectivity index (χ1v) is 5.17. The lowest BCUT2D eigenvalue weighted by molar-refractivity contribution is -0.173. The summed E-state index contributed by atoms with van der Waals surface area (Å²) < 4.78 is 64.9. The Morgan fingerprint density at radius 1 is 1.16 bits per heavy atom. The maximum Gasteiger partial charge on any atom is 0.411 e. The number of alkyl halides is 3. The molecular weight excluding hydrogens is 273 g/mol. The lowest BCUT2D eigenvalue weighted by Gasteiger charge is -2.08. The monoisotopic (exact) mass is 283 g/mol. The van der Waals surface area contributed by atoms with E-state index in [0.717, 1.165) is 12.1 Å². The van der Waals surface area contributed by atoms with Gasteiger partial charge in [0.2, 0.25) is 0 Å². The highest BCUT2D eigenvalue weighted by molar-refractivity contribution is 5.94. The van der Waals surface area contributed by atoms with Gasteiger partial charge in [-0.05, 0) is 12.1 Å². The van der Waals surface area contributed by atoms with E-state index in [-0.39, 0.29) is 18.7 Å². The van der Waals surface area contributed by atoms with Crippen LogP contribution in [0.4, 0.5) is 22.0 Å². The van der Waals surface area contributed by atoms with Gasteiger partial charge in [-0.25, -0.2) is 8.78 Å². The molecule has 0 saturated carbocycles. The molecule has 0 spiro atoms. The van der Waals surface area contributed by atoms with E-state index in [1.54, 1.807) is 0 Å². The van der Waals surface area contributed by atoms with Gasteiger partial charge >= 0.3 is 6.18 Å². The normalized spacial score (nSPS) is 11.4. The van der Waals surface area contributed by atoms with Gasteiger partial charge in [-0.2, -0.15) is 13.2 Å². The number of hydrogen-bond acceptors (Lipinski definition) is 2. The predicted octanol–water partition coefficient (Wildman–Crippen LogP) is 2.27. The summed E-state index contributed by atoms with van der Waals surface area (Å²) in [5.74, 6) is -2.63. The number of ether oxygens (including phenoxy) is 1. The summed E-state index contributed by atoms with van der Waals surface area (Å²) in [4.78, 5) is 11.4. The molecule has 1 N–H and O–H groups in total. The van der Waals surface area contributed by atoms with Gasteiger partial charge in [0, 0.05) is 18.2 Å². The molecule has 0 bridgehead atoms. The second kappa shape index (κ2) is 6.46. The van der Waals surface area contributed by atoms with E-state index in [1.807, 2.05) is 0 Å². The van der Waals surface area contributed by atoms with Crippen molar-refractivity contribution >= 4 is 5.91 Å². The average molecular weight is 283 g/mol. The average Bonchev–Trinajstić information content (AvgIpc) is 2.25. The lowest BCUT2D eigenvalue weighted by Crippen LogP contribution is -2.29. The van der Waals surface area contributed by atoms with Gasteiger partial charge < -0.3 is 10.1 Å². The smallest absolute Gasteiger partial charge is 0.370 e. The second-order valence-corrected chi connectivity index (χ2v) is 3.58. The zero-order chi connectivity index (χ0) is 14.5. The van der Waals surface area contributed by atoms with Gasteiger partial charge in [-0.1, -0.05) is 0 Å². The summed E-state index contributed by atoms with van der Waals surface area (Å²) in [5.41, 5.74) is -0.256. The molecule has 0 atom stereocenters. The standard InChI is InChI=1S/C11H10F5NO2/c12-8-3-7(4-9(13)5-8)10(18)17-1-2-19-6-11(14,15)16/h3-5H,1-2,6H2,(H,17,18). The van der Waals surface area contributed by atoms with E-state index in [9.17, 15) is 26.7 Å². The van der Waals surface area contributed by atoms with Crippen LogP contribution in [-0.2, 0) is 4.74 Å². The third kappa shape index (κ3) is 6.14. The molecule has 0 unspecified atom stereocenters. The van der Waals surface area contributed by atoms with E-state index >= 15 is 0 Å². The van der Waals surface area contributed by atoms with Crippen LogP contribution < -0.4 is 5.32 Å². The molecule has 0 aromatic heterocycles. The number of hydrogen-bond donors (Lipinski definition) is 1. The van der Waals surface area contributed by atoms with Crippen LogP contribution in [0.25, 0.3) is 0 Å². The molecule has 1 rings (SSSR count). The van der Waals surface area contributed by atoms with Gasteiger partial charge in [0.15, 0.2) is 0 Å². The molecule has 1 aromatic rings. The number of halogens is 5. The molecule has 0 heterocycles. The van der Waals surface area contributed by atoms with Crippen LogP contribution in [0.3, 0.4) is 0 Å². The largest absolute Gasteiger partial charge is 0.411 e. The van der Waals surface area contributed by atoms with E-state index in [2.05, 4.69) is 10.1 Å². The van der Waals surface area contributed by atoms with Crippen LogP contribution in [-0.4, -0.2) is 31.8 Å². The van der Waals surface area contributed by atoms with Crippen LogP contribution in [0.15, 0.2) is 18.2 Å². The number of rotatable bonds is 5. The Kier molecular flexibility index (Phi) is 5.22. The molecule has 0 aliphatic heterocycles. The minimum atomic E-state index is -4.43. The van der Waals surface area contributed by atoms with Crippen molar-refractivity contribution in [3.63, 3.8) is 0 Å². The first-order chi connectivity index (χ1) is 8.78. The quantitative estimate of drug-likeness (QED) is 0.665. The first-order valence-electron chi connectivity index (χ1n) is 5.17. The van der Waals surface area contributed by atoms with Crippen molar-refractivity contribution in [3.8, 4) is 0 Å². The zero-order valence-electron chi connectivity index (χ0n) is 9.56. The van der Waals surface area contributed by atoms with E-state index < -0.39 is 30.3 Å². The number of carbonyl (C=O) groups is 1. The minimum Gasteiger partial charge on any atom is -0.370 e. The fourth-order valence-corrected chi connectivity index (χ4v) is 1.21. The van der Waals surface area contributed by atoms with Gasteiger partial charge in [-0.15, -0.1) is 0 Å². The number of nitrogens with one attached hydrogen (secondary N) is 1. The van der Waals surface area contributed by atoms with E-state index in [4.69, 9.17) is 0 Å². The van der Waals surface area contributed by atoms with Crippen LogP contribution in [0.1, 0.15) is 10.4 Å². The van der Waals surface area contributed by atoms with E-state index in [1.165, 1.54) is 0 Å². The summed E-state index contributed by atoms with van der Waals surface area (Å²) in [6.07, 6.45) is -4.43. The van der Waals surface area contributed by atoms with Crippen LogP contribution in [0, 0.1) is 11.6 Å². The fraction of sp³-hybridized carbons (Fsp3) is 0.364. The molecule has 0 fully saturated rings. The molecule has 0 saturated heterocycles. The van der Waals surface area contributed by atoms with Crippen molar-refractivity contribution in [1.82, 2.24) is 5.32 Å². The Bertz CT molecular complexity index is 427. The lowest BCUT2D eigenvalue weighted by atomic mass is 10.2. The molecule has 8 heteroatoms. The Hall–Kier alpha value is -1.70. The van der Waals surface area contributed by atoms with Crippen LogP contribution in [0.2, 0.25) is 0 Å². The maximum atomic E-state index is 12.8. The van der Waals surface area contributed by atoms with Crippen LogP contribution >= 0.6 is 0 Å². The maximum absolute atomic E-state index is 12.8. The van der Waals surface area contributed by atoms with Crippen molar-refractivity contribution in [3.05, 3.63) is 35.4 Å². The van der Waals surface area contributed by atoms with E-state index in [0.29, 0.717) is 6.07 Å².